The number of aryl methyl sites for hydroxylation is 1. The summed E-state index contributed by atoms with van der Waals surface area (Å²) in [5.41, 5.74) is 0.299. The number of likely N-dealkylation sites (N-methyl/N-ethyl adjacent to an activating group) is 1. The molecule has 1 aromatic carbocycles. The lowest BCUT2D eigenvalue weighted by Crippen LogP contribution is -2.36. The van der Waals surface area contributed by atoms with Gasteiger partial charge in [0.2, 0.25) is 0 Å². The molecular formula is C16H24FNO3. The van der Waals surface area contributed by atoms with Gasteiger partial charge in [0.05, 0.1) is 6.54 Å². The van der Waals surface area contributed by atoms with Crippen molar-refractivity contribution < 1.29 is 18.7 Å². The number of carbonyl (C=O) groups excluding carboxylic acids is 1. The van der Waals surface area contributed by atoms with Crippen LogP contribution in [0.3, 0.4) is 0 Å². The predicted octanol–water partition coefficient (Wildman–Crippen LogP) is 3.63. The van der Waals surface area contributed by atoms with Gasteiger partial charge in [-0.25, -0.2) is 9.18 Å². The summed E-state index contributed by atoms with van der Waals surface area (Å²) in [5.74, 6) is 0.376. The Hall–Kier alpha value is -1.78. The van der Waals surface area contributed by atoms with Crippen LogP contribution in [0.5, 0.6) is 5.75 Å². The van der Waals surface area contributed by atoms with E-state index in [9.17, 15) is 9.18 Å². The average Bonchev–Trinajstić information content (AvgIpc) is 2.38. The molecule has 0 spiro atoms. The molecule has 0 N–H and O–H groups in total. The number of halogens is 1. The van der Waals surface area contributed by atoms with Crippen LogP contribution in [0.4, 0.5) is 9.18 Å². The highest BCUT2D eigenvalue weighted by Crippen LogP contribution is 2.20. The summed E-state index contributed by atoms with van der Waals surface area (Å²) in [6.45, 7) is 8.13. The number of benzene rings is 1. The van der Waals surface area contributed by atoms with Crippen molar-refractivity contribution in [3.8, 4) is 5.75 Å². The molecule has 0 atom stereocenters. The van der Waals surface area contributed by atoms with Crippen LogP contribution >= 0.6 is 0 Å². The first-order chi connectivity index (χ1) is 9.73. The van der Waals surface area contributed by atoms with Crippen molar-refractivity contribution in [1.29, 1.82) is 0 Å². The van der Waals surface area contributed by atoms with Gasteiger partial charge in [-0.3, -0.25) is 0 Å². The average molecular weight is 297 g/mol. The SMILES string of the molecule is CCc1cc(F)ccc1OCCN(C)C(=O)OC(C)(C)C. The van der Waals surface area contributed by atoms with E-state index in [1.165, 1.54) is 17.0 Å². The number of ether oxygens (including phenoxy) is 2. The van der Waals surface area contributed by atoms with E-state index in [4.69, 9.17) is 9.47 Å². The molecule has 5 heteroatoms. The molecule has 0 aliphatic carbocycles. The lowest BCUT2D eigenvalue weighted by atomic mass is 10.1. The maximum Gasteiger partial charge on any atom is 0.410 e. The van der Waals surface area contributed by atoms with E-state index in [-0.39, 0.29) is 11.9 Å². The lowest BCUT2D eigenvalue weighted by Gasteiger charge is -2.24. The normalized spacial score (nSPS) is 11.1. The zero-order chi connectivity index (χ0) is 16.0. The topological polar surface area (TPSA) is 38.8 Å². The summed E-state index contributed by atoms with van der Waals surface area (Å²) in [5, 5.41) is 0. The highest BCUT2D eigenvalue weighted by molar-refractivity contribution is 5.67. The molecule has 0 bridgehead atoms. The summed E-state index contributed by atoms with van der Waals surface area (Å²) in [4.78, 5) is 13.2. The van der Waals surface area contributed by atoms with Crippen molar-refractivity contribution in [2.45, 2.75) is 39.7 Å². The first kappa shape index (κ1) is 17.3. The van der Waals surface area contributed by atoms with Gasteiger partial charge in [-0.15, -0.1) is 0 Å². The molecule has 0 aliphatic heterocycles. The summed E-state index contributed by atoms with van der Waals surface area (Å²) >= 11 is 0. The minimum atomic E-state index is -0.515. The van der Waals surface area contributed by atoms with Crippen LogP contribution in [0.2, 0.25) is 0 Å². The van der Waals surface area contributed by atoms with Gasteiger partial charge >= 0.3 is 6.09 Å². The van der Waals surface area contributed by atoms with E-state index >= 15 is 0 Å². The molecule has 0 aromatic heterocycles. The van der Waals surface area contributed by atoms with Gasteiger partial charge in [-0.05, 0) is 51.0 Å². The second-order valence-corrected chi connectivity index (χ2v) is 5.86. The fourth-order valence-electron chi connectivity index (χ4n) is 1.69. The van der Waals surface area contributed by atoms with E-state index in [0.29, 0.717) is 25.3 Å². The van der Waals surface area contributed by atoms with Gasteiger partial charge in [0, 0.05) is 7.05 Å². The Bertz CT molecular complexity index is 483. The number of nitrogens with zero attached hydrogens (tertiary/aromatic N) is 1. The minimum Gasteiger partial charge on any atom is -0.491 e. The van der Waals surface area contributed by atoms with Crippen LogP contribution in [-0.2, 0) is 11.2 Å². The molecule has 1 amide bonds. The molecule has 0 saturated heterocycles. The highest BCUT2D eigenvalue weighted by atomic mass is 19.1. The van der Waals surface area contributed by atoms with Crippen LogP contribution < -0.4 is 4.74 Å². The first-order valence-corrected chi connectivity index (χ1v) is 7.08. The third kappa shape index (κ3) is 6.02. The Morgan fingerprint density at radius 3 is 2.57 bits per heavy atom. The summed E-state index contributed by atoms with van der Waals surface area (Å²) < 4.78 is 24.0. The molecule has 0 radical (unpaired) electrons. The van der Waals surface area contributed by atoms with E-state index in [1.807, 2.05) is 27.7 Å². The second kappa shape index (κ2) is 7.29. The van der Waals surface area contributed by atoms with E-state index < -0.39 is 5.60 Å². The van der Waals surface area contributed by atoms with Crippen LogP contribution in [0, 0.1) is 5.82 Å². The third-order valence-corrected chi connectivity index (χ3v) is 2.79. The van der Waals surface area contributed by atoms with Gasteiger partial charge in [0.15, 0.2) is 0 Å². The quantitative estimate of drug-likeness (QED) is 0.833. The highest BCUT2D eigenvalue weighted by Gasteiger charge is 2.19. The largest absolute Gasteiger partial charge is 0.491 e. The zero-order valence-electron chi connectivity index (χ0n) is 13.4. The maximum atomic E-state index is 13.1. The second-order valence-electron chi connectivity index (χ2n) is 5.86. The molecular weight excluding hydrogens is 273 g/mol. The number of hydrogen-bond acceptors (Lipinski definition) is 3. The molecule has 118 valence electrons. The Labute approximate surface area is 125 Å². The lowest BCUT2D eigenvalue weighted by molar-refractivity contribution is 0.0278. The Balaban J connectivity index is 2.48. The Morgan fingerprint density at radius 2 is 2.00 bits per heavy atom. The van der Waals surface area contributed by atoms with Gasteiger partial charge in [-0.1, -0.05) is 6.92 Å². The van der Waals surface area contributed by atoms with Crippen LogP contribution in [0.15, 0.2) is 18.2 Å². The van der Waals surface area contributed by atoms with Crippen molar-refractivity contribution in [3.05, 3.63) is 29.6 Å². The van der Waals surface area contributed by atoms with Crippen molar-refractivity contribution in [1.82, 2.24) is 4.90 Å². The first-order valence-electron chi connectivity index (χ1n) is 7.08. The van der Waals surface area contributed by atoms with E-state index in [0.717, 1.165) is 5.56 Å². The summed E-state index contributed by atoms with van der Waals surface area (Å²) in [6.07, 6.45) is 0.301. The van der Waals surface area contributed by atoms with Crippen LogP contribution in [0.25, 0.3) is 0 Å². The van der Waals surface area contributed by atoms with Crippen molar-refractivity contribution in [2.24, 2.45) is 0 Å². The third-order valence-electron chi connectivity index (χ3n) is 2.79. The number of carbonyl (C=O) groups is 1. The summed E-state index contributed by atoms with van der Waals surface area (Å²) in [7, 11) is 1.66. The van der Waals surface area contributed by atoms with Crippen LogP contribution in [0.1, 0.15) is 33.3 Å². The number of hydrogen-bond donors (Lipinski definition) is 0. The van der Waals surface area contributed by atoms with Crippen LogP contribution in [-0.4, -0.2) is 36.8 Å². The minimum absolute atomic E-state index is 0.273. The van der Waals surface area contributed by atoms with Crippen molar-refractivity contribution in [2.75, 3.05) is 20.2 Å². The zero-order valence-corrected chi connectivity index (χ0v) is 13.4. The Morgan fingerprint density at radius 1 is 1.33 bits per heavy atom. The van der Waals surface area contributed by atoms with Crippen molar-refractivity contribution in [3.63, 3.8) is 0 Å². The van der Waals surface area contributed by atoms with E-state index in [2.05, 4.69) is 0 Å². The fraction of sp³-hybridized carbons (Fsp3) is 0.562. The molecule has 21 heavy (non-hydrogen) atoms. The van der Waals surface area contributed by atoms with Crippen molar-refractivity contribution >= 4 is 6.09 Å². The molecule has 4 nitrogen and oxygen atoms in total. The van der Waals surface area contributed by atoms with Gasteiger partial charge in [0.25, 0.3) is 0 Å². The molecule has 1 aromatic rings. The number of rotatable bonds is 5. The standard InChI is InChI=1S/C16H24FNO3/c1-6-12-11-13(17)7-8-14(12)20-10-9-18(5)15(19)21-16(2,3)4/h7-8,11H,6,9-10H2,1-5H3. The molecule has 0 fully saturated rings. The van der Waals surface area contributed by atoms with E-state index in [1.54, 1.807) is 13.1 Å². The predicted molar refractivity (Wildman–Crippen MR) is 80.1 cm³/mol. The van der Waals surface area contributed by atoms with Gasteiger partial charge in [-0.2, -0.15) is 0 Å². The molecule has 1 rings (SSSR count). The molecule has 0 aliphatic rings. The smallest absolute Gasteiger partial charge is 0.410 e. The van der Waals surface area contributed by atoms with Gasteiger partial charge in [0.1, 0.15) is 23.8 Å². The maximum absolute atomic E-state index is 13.1. The molecule has 0 heterocycles. The monoisotopic (exact) mass is 297 g/mol. The fourth-order valence-corrected chi connectivity index (χ4v) is 1.69. The van der Waals surface area contributed by atoms with Gasteiger partial charge < -0.3 is 14.4 Å². The molecule has 0 saturated carbocycles. The number of amides is 1. The Kier molecular flexibility index (Phi) is 6.00. The molecule has 0 unspecified atom stereocenters. The summed E-state index contributed by atoms with van der Waals surface area (Å²) in [6, 6.07) is 4.45.